The lowest BCUT2D eigenvalue weighted by atomic mass is 10.1. The van der Waals surface area contributed by atoms with Gasteiger partial charge in [-0.3, -0.25) is 10.1 Å². The molecule has 0 heterocycles. The highest BCUT2D eigenvalue weighted by atomic mass is 35.5. The molecule has 2 aromatic rings. The highest BCUT2D eigenvalue weighted by Gasteiger charge is 2.09. The molecule has 0 fully saturated rings. The first-order valence-electron chi connectivity index (χ1n) is 7.19. The second kappa shape index (κ2) is 8.28. The summed E-state index contributed by atoms with van der Waals surface area (Å²) in [6.45, 7) is 1.53. The molecule has 126 valence electrons. The number of aromatic carboxylic acids is 1. The van der Waals surface area contributed by atoms with E-state index in [4.69, 9.17) is 16.7 Å². The Morgan fingerprint density at radius 1 is 1.21 bits per heavy atom. The van der Waals surface area contributed by atoms with Crippen LogP contribution < -0.4 is 10.6 Å². The molecule has 24 heavy (non-hydrogen) atoms. The van der Waals surface area contributed by atoms with E-state index in [-0.39, 0.29) is 16.3 Å². The van der Waals surface area contributed by atoms with Crippen molar-refractivity contribution < 1.29 is 14.8 Å². The standard InChI is InChI=1S/C16H16ClN3O4/c17-14-9-12(20(23)24)5-6-15(14)19-8-7-18-10-11-3-1-2-4-13(11)16(21)22/h1-6,9,18-19H,7-8,10H2,(H,21,22). The molecule has 0 amide bonds. The Bertz CT molecular complexity index is 752. The van der Waals surface area contributed by atoms with Gasteiger partial charge in [0.25, 0.3) is 5.69 Å². The fourth-order valence-electron chi connectivity index (χ4n) is 2.15. The van der Waals surface area contributed by atoms with Crippen LogP contribution in [0.1, 0.15) is 15.9 Å². The lowest BCUT2D eigenvalue weighted by molar-refractivity contribution is -0.384. The molecular formula is C16H16ClN3O4. The molecule has 0 aromatic heterocycles. The molecule has 0 saturated carbocycles. The molecule has 0 atom stereocenters. The monoisotopic (exact) mass is 349 g/mol. The summed E-state index contributed by atoms with van der Waals surface area (Å²) >= 11 is 5.99. The van der Waals surface area contributed by atoms with E-state index in [2.05, 4.69) is 10.6 Å². The van der Waals surface area contributed by atoms with Crippen molar-refractivity contribution in [2.45, 2.75) is 6.54 Å². The van der Waals surface area contributed by atoms with E-state index in [9.17, 15) is 14.9 Å². The topological polar surface area (TPSA) is 104 Å². The molecular weight excluding hydrogens is 334 g/mol. The fraction of sp³-hybridized carbons (Fsp3) is 0.188. The zero-order valence-electron chi connectivity index (χ0n) is 12.7. The van der Waals surface area contributed by atoms with E-state index < -0.39 is 10.9 Å². The zero-order chi connectivity index (χ0) is 17.5. The van der Waals surface area contributed by atoms with E-state index in [1.807, 2.05) is 0 Å². The molecule has 8 heteroatoms. The second-order valence-electron chi connectivity index (χ2n) is 4.99. The third-order valence-electron chi connectivity index (χ3n) is 3.34. The number of benzene rings is 2. The van der Waals surface area contributed by atoms with Gasteiger partial charge in [-0.25, -0.2) is 4.79 Å². The van der Waals surface area contributed by atoms with Crippen molar-refractivity contribution in [1.82, 2.24) is 5.32 Å². The van der Waals surface area contributed by atoms with Gasteiger partial charge < -0.3 is 15.7 Å². The number of rotatable bonds is 8. The predicted molar refractivity (Wildman–Crippen MR) is 91.7 cm³/mol. The average Bonchev–Trinajstić information content (AvgIpc) is 2.55. The molecule has 0 bridgehead atoms. The summed E-state index contributed by atoms with van der Waals surface area (Å²) in [6.07, 6.45) is 0. The normalized spacial score (nSPS) is 10.4. The zero-order valence-corrected chi connectivity index (χ0v) is 13.4. The number of nitro groups is 1. The van der Waals surface area contributed by atoms with Crippen LogP contribution in [0.3, 0.4) is 0 Å². The largest absolute Gasteiger partial charge is 0.478 e. The van der Waals surface area contributed by atoms with Crippen LogP contribution in [0.2, 0.25) is 5.02 Å². The van der Waals surface area contributed by atoms with Gasteiger partial charge >= 0.3 is 5.97 Å². The van der Waals surface area contributed by atoms with Gasteiger partial charge in [-0.05, 0) is 17.7 Å². The Labute approximate surface area is 143 Å². The van der Waals surface area contributed by atoms with Gasteiger partial charge in [0, 0.05) is 31.8 Å². The van der Waals surface area contributed by atoms with E-state index >= 15 is 0 Å². The number of hydrogen-bond acceptors (Lipinski definition) is 5. The van der Waals surface area contributed by atoms with Gasteiger partial charge in [-0.1, -0.05) is 29.8 Å². The Kier molecular flexibility index (Phi) is 6.11. The van der Waals surface area contributed by atoms with Crippen molar-refractivity contribution in [1.29, 1.82) is 0 Å². The minimum Gasteiger partial charge on any atom is -0.478 e. The van der Waals surface area contributed by atoms with Gasteiger partial charge in [0.05, 0.1) is 21.2 Å². The molecule has 0 aliphatic rings. The second-order valence-corrected chi connectivity index (χ2v) is 5.39. The van der Waals surface area contributed by atoms with Crippen LogP contribution in [0.25, 0.3) is 0 Å². The van der Waals surface area contributed by atoms with E-state index in [1.165, 1.54) is 12.1 Å². The van der Waals surface area contributed by atoms with Gasteiger partial charge in [0.1, 0.15) is 0 Å². The highest BCUT2D eigenvalue weighted by Crippen LogP contribution is 2.26. The summed E-state index contributed by atoms with van der Waals surface area (Å²) in [7, 11) is 0. The Morgan fingerprint density at radius 3 is 2.62 bits per heavy atom. The summed E-state index contributed by atoms with van der Waals surface area (Å²) in [5.41, 5.74) is 1.53. The lowest BCUT2D eigenvalue weighted by Crippen LogP contribution is -2.23. The van der Waals surface area contributed by atoms with E-state index in [1.54, 1.807) is 30.3 Å². The number of nitro benzene ring substituents is 1. The number of nitrogens with zero attached hydrogens (tertiary/aromatic N) is 1. The number of carboxylic acids is 1. The molecule has 0 aliphatic carbocycles. The van der Waals surface area contributed by atoms with Crippen molar-refractivity contribution >= 4 is 28.9 Å². The van der Waals surface area contributed by atoms with Crippen LogP contribution >= 0.6 is 11.6 Å². The lowest BCUT2D eigenvalue weighted by Gasteiger charge is -2.10. The van der Waals surface area contributed by atoms with Crippen molar-refractivity contribution in [2.75, 3.05) is 18.4 Å². The van der Waals surface area contributed by atoms with Gasteiger partial charge in [0.15, 0.2) is 0 Å². The summed E-state index contributed by atoms with van der Waals surface area (Å²) in [4.78, 5) is 21.3. The maximum Gasteiger partial charge on any atom is 0.336 e. The number of carbonyl (C=O) groups is 1. The number of nitrogens with one attached hydrogen (secondary N) is 2. The highest BCUT2D eigenvalue weighted by molar-refractivity contribution is 6.33. The maximum absolute atomic E-state index is 11.1. The van der Waals surface area contributed by atoms with Crippen molar-refractivity contribution in [3.63, 3.8) is 0 Å². The van der Waals surface area contributed by atoms with Crippen LogP contribution in [0.15, 0.2) is 42.5 Å². The Hall–Kier alpha value is -2.64. The van der Waals surface area contributed by atoms with Crippen molar-refractivity contribution in [2.24, 2.45) is 0 Å². The molecule has 0 unspecified atom stereocenters. The molecule has 2 rings (SSSR count). The molecule has 7 nitrogen and oxygen atoms in total. The summed E-state index contributed by atoms with van der Waals surface area (Å²) in [6, 6.07) is 11.0. The summed E-state index contributed by atoms with van der Waals surface area (Å²) in [5.74, 6) is -0.955. The molecule has 0 radical (unpaired) electrons. The molecule has 0 spiro atoms. The van der Waals surface area contributed by atoms with Crippen LogP contribution in [0, 0.1) is 10.1 Å². The Balaban J connectivity index is 1.82. The Morgan fingerprint density at radius 2 is 1.96 bits per heavy atom. The molecule has 2 aromatic carbocycles. The number of halogens is 1. The van der Waals surface area contributed by atoms with Crippen LogP contribution in [0.4, 0.5) is 11.4 Å². The first-order chi connectivity index (χ1) is 11.5. The predicted octanol–water partition coefficient (Wildman–Crippen LogP) is 3.15. The minimum atomic E-state index is -0.955. The van der Waals surface area contributed by atoms with E-state index in [0.29, 0.717) is 30.9 Å². The minimum absolute atomic E-state index is 0.0612. The average molecular weight is 350 g/mol. The van der Waals surface area contributed by atoms with Gasteiger partial charge in [0.2, 0.25) is 0 Å². The number of non-ortho nitro benzene ring substituents is 1. The van der Waals surface area contributed by atoms with Gasteiger partial charge in [-0.15, -0.1) is 0 Å². The SMILES string of the molecule is O=C(O)c1ccccc1CNCCNc1ccc([N+](=O)[O-])cc1Cl. The molecule has 0 saturated heterocycles. The van der Waals surface area contributed by atoms with Crippen molar-refractivity contribution in [3.8, 4) is 0 Å². The quantitative estimate of drug-likeness (QED) is 0.384. The summed E-state index contributed by atoms with van der Waals surface area (Å²) < 4.78 is 0. The smallest absolute Gasteiger partial charge is 0.336 e. The van der Waals surface area contributed by atoms with Crippen LogP contribution in [-0.4, -0.2) is 29.1 Å². The fourth-order valence-corrected chi connectivity index (χ4v) is 2.39. The van der Waals surface area contributed by atoms with E-state index in [0.717, 1.165) is 0 Å². The third-order valence-corrected chi connectivity index (χ3v) is 3.66. The summed E-state index contributed by atoms with van der Waals surface area (Å²) in [5, 5.41) is 26.2. The van der Waals surface area contributed by atoms with Crippen LogP contribution in [-0.2, 0) is 6.54 Å². The third kappa shape index (κ3) is 4.68. The number of carboxylic acid groups (broad SMARTS) is 1. The first kappa shape index (κ1) is 17.7. The first-order valence-corrected chi connectivity index (χ1v) is 7.56. The van der Waals surface area contributed by atoms with Gasteiger partial charge in [-0.2, -0.15) is 0 Å². The van der Waals surface area contributed by atoms with Crippen molar-refractivity contribution in [3.05, 3.63) is 68.7 Å². The number of anilines is 1. The molecule has 0 aliphatic heterocycles. The number of hydrogen-bond donors (Lipinski definition) is 3. The maximum atomic E-state index is 11.1. The molecule has 3 N–H and O–H groups in total. The van der Waals surface area contributed by atoms with Crippen LogP contribution in [0.5, 0.6) is 0 Å².